The highest BCUT2D eigenvalue weighted by Crippen LogP contribution is 2.19. The summed E-state index contributed by atoms with van der Waals surface area (Å²) < 4.78 is 1.88. The van der Waals surface area contributed by atoms with E-state index < -0.39 is 0 Å². The summed E-state index contributed by atoms with van der Waals surface area (Å²) in [5, 5.41) is 11.5. The Kier molecular flexibility index (Phi) is 7.38. The van der Waals surface area contributed by atoms with Crippen LogP contribution in [0, 0.1) is 0 Å². The summed E-state index contributed by atoms with van der Waals surface area (Å²) in [6.45, 7) is 10.6. The number of likely N-dealkylation sites (N-methyl/N-ethyl adjacent to an activating group) is 1. The van der Waals surface area contributed by atoms with Crippen molar-refractivity contribution in [2.45, 2.75) is 58.0 Å². The lowest BCUT2D eigenvalue weighted by molar-refractivity contribution is 0.161. The van der Waals surface area contributed by atoms with Gasteiger partial charge in [-0.25, -0.2) is 0 Å². The number of rotatable bonds is 6. The van der Waals surface area contributed by atoms with Crippen LogP contribution in [0.4, 0.5) is 5.69 Å². The highest BCUT2D eigenvalue weighted by molar-refractivity contribution is 5.80. The molecule has 1 aromatic heterocycles. The summed E-state index contributed by atoms with van der Waals surface area (Å²) in [5.74, 6) is 0.970. The summed E-state index contributed by atoms with van der Waals surface area (Å²) in [7, 11) is 1.98. The lowest BCUT2D eigenvalue weighted by Gasteiger charge is -2.35. The molecule has 3 heterocycles. The number of nitrogens with one attached hydrogen (secondary N) is 2. The number of guanidine groups is 1. The summed E-state index contributed by atoms with van der Waals surface area (Å²) >= 11 is 0. The molecule has 2 unspecified atom stereocenters. The number of hydrogen-bond acceptors (Lipinski definition) is 4. The molecular formula is C20H37N7. The van der Waals surface area contributed by atoms with Crippen LogP contribution in [0.3, 0.4) is 0 Å². The molecule has 0 spiro atoms. The van der Waals surface area contributed by atoms with Gasteiger partial charge >= 0.3 is 0 Å². The average Bonchev–Trinajstić information content (AvgIpc) is 3.13. The molecule has 2 N–H and O–H groups in total. The number of nitrogens with zero attached hydrogens (tertiary/aromatic N) is 5. The van der Waals surface area contributed by atoms with Crippen LogP contribution in [0.5, 0.6) is 0 Å². The number of aliphatic imine (C=N–C) groups is 1. The van der Waals surface area contributed by atoms with Crippen molar-refractivity contribution < 1.29 is 0 Å². The van der Waals surface area contributed by atoms with Crippen LogP contribution in [0.15, 0.2) is 17.4 Å². The lowest BCUT2D eigenvalue weighted by Crippen LogP contribution is -2.51. The topological polar surface area (TPSA) is 60.7 Å². The Hall–Kier alpha value is -1.76. The molecule has 2 fully saturated rings. The van der Waals surface area contributed by atoms with Gasteiger partial charge in [-0.3, -0.25) is 14.6 Å². The van der Waals surface area contributed by atoms with Gasteiger partial charge in [0.05, 0.1) is 18.4 Å². The van der Waals surface area contributed by atoms with Gasteiger partial charge < -0.3 is 15.5 Å². The monoisotopic (exact) mass is 375 g/mol. The highest BCUT2D eigenvalue weighted by atomic mass is 15.3. The predicted molar refractivity (Wildman–Crippen MR) is 112 cm³/mol. The first kappa shape index (κ1) is 20.0. The molecule has 2 saturated heterocycles. The van der Waals surface area contributed by atoms with Crippen LogP contribution in [0.2, 0.25) is 0 Å². The molecule has 0 radical (unpaired) electrons. The molecule has 2 atom stereocenters. The summed E-state index contributed by atoms with van der Waals surface area (Å²) in [6, 6.07) is 1.02. The van der Waals surface area contributed by atoms with Crippen molar-refractivity contribution in [2.24, 2.45) is 12.0 Å². The maximum absolute atomic E-state index is 4.95. The van der Waals surface area contributed by atoms with Crippen molar-refractivity contribution in [1.29, 1.82) is 0 Å². The van der Waals surface area contributed by atoms with E-state index in [2.05, 4.69) is 45.6 Å². The SMILES string of the molecule is CCNC(=NCC1CCCCN1CC)NC1CCCN(c2cnn(C)c2)C1. The van der Waals surface area contributed by atoms with Crippen molar-refractivity contribution in [1.82, 2.24) is 25.3 Å². The Bertz CT molecular complexity index is 597. The molecule has 27 heavy (non-hydrogen) atoms. The van der Waals surface area contributed by atoms with Crippen molar-refractivity contribution in [2.75, 3.05) is 44.2 Å². The largest absolute Gasteiger partial charge is 0.367 e. The first-order chi connectivity index (χ1) is 13.2. The third kappa shape index (κ3) is 5.61. The smallest absolute Gasteiger partial charge is 0.191 e. The Balaban J connectivity index is 1.57. The van der Waals surface area contributed by atoms with E-state index in [-0.39, 0.29) is 0 Å². The number of aryl methyl sites for hydroxylation is 1. The molecule has 0 amide bonds. The first-order valence-electron chi connectivity index (χ1n) is 10.7. The van der Waals surface area contributed by atoms with Gasteiger partial charge in [-0.05, 0) is 45.7 Å². The molecule has 0 aliphatic carbocycles. The van der Waals surface area contributed by atoms with Crippen LogP contribution in [-0.4, -0.2) is 72.0 Å². The molecule has 2 aliphatic rings. The maximum atomic E-state index is 4.95. The number of hydrogen-bond donors (Lipinski definition) is 2. The number of anilines is 1. The fourth-order valence-electron chi connectivity index (χ4n) is 4.29. The predicted octanol–water partition coefficient (Wildman–Crippen LogP) is 1.82. The first-order valence-corrected chi connectivity index (χ1v) is 10.7. The molecule has 7 nitrogen and oxygen atoms in total. The van der Waals surface area contributed by atoms with Crippen molar-refractivity contribution in [3.63, 3.8) is 0 Å². The fourth-order valence-corrected chi connectivity index (χ4v) is 4.29. The molecule has 0 aromatic carbocycles. The van der Waals surface area contributed by atoms with E-state index in [4.69, 9.17) is 4.99 Å². The second-order valence-corrected chi connectivity index (χ2v) is 7.80. The van der Waals surface area contributed by atoms with Crippen molar-refractivity contribution in [3.8, 4) is 0 Å². The van der Waals surface area contributed by atoms with E-state index in [9.17, 15) is 0 Å². The molecule has 2 aliphatic heterocycles. The zero-order valence-corrected chi connectivity index (χ0v) is 17.3. The molecule has 3 rings (SSSR count). The number of likely N-dealkylation sites (tertiary alicyclic amines) is 1. The second kappa shape index (κ2) is 9.97. The van der Waals surface area contributed by atoms with Gasteiger partial charge in [-0.15, -0.1) is 0 Å². The molecule has 1 aromatic rings. The van der Waals surface area contributed by atoms with Gasteiger partial charge in [0.1, 0.15) is 0 Å². The average molecular weight is 376 g/mol. The zero-order chi connectivity index (χ0) is 19.1. The summed E-state index contributed by atoms with van der Waals surface area (Å²) in [6.07, 6.45) is 10.4. The van der Waals surface area contributed by atoms with Crippen LogP contribution in [0.1, 0.15) is 46.0 Å². The van der Waals surface area contributed by atoms with Gasteiger partial charge in [0, 0.05) is 45.0 Å². The van der Waals surface area contributed by atoms with E-state index >= 15 is 0 Å². The standard InChI is InChI=1S/C20H37N7/c1-4-21-20(22-13-18-10-6-7-11-26(18)5-2)24-17-9-8-12-27(15-17)19-14-23-25(3)16-19/h14,16-18H,4-13,15H2,1-3H3,(H2,21,22,24). The van der Waals surface area contributed by atoms with E-state index in [1.165, 1.54) is 44.3 Å². The lowest BCUT2D eigenvalue weighted by atomic mass is 10.0. The van der Waals surface area contributed by atoms with Crippen molar-refractivity contribution >= 4 is 11.6 Å². The van der Waals surface area contributed by atoms with Gasteiger partial charge in [0.15, 0.2) is 5.96 Å². The van der Waals surface area contributed by atoms with E-state index in [1.807, 2.05) is 17.9 Å². The molecular weight excluding hydrogens is 338 g/mol. The quantitative estimate of drug-likeness (QED) is 0.587. The third-order valence-electron chi connectivity index (χ3n) is 5.78. The highest BCUT2D eigenvalue weighted by Gasteiger charge is 2.23. The van der Waals surface area contributed by atoms with Gasteiger partial charge in [0.2, 0.25) is 0 Å². The van der Waals surface area contributed by atoms with Crippen molar-refractivity contribution in [3.05, 3.63) is 12.4 Å². The Morgan fingerprint density at radius 1 is 1.22 bits per heavy atom. The zero-order valence-electron chi connectivity index (χ0n) is 17.3. The fraction of sp³-hybridized carbons (Fsp3) is 0.800. The van der Waals surface area contributed by atoms with Gasteiger partial charge in [0.25, 0.3) is 0 Å². The Morgan fingerprint density at radius 2 is 2.11 bits per heavy atom. The Morgan fingerprint density at radius 3 is 2.85 bits per heavy atom. The minimum absolute atomic E-state index is 0.422. The minimum atomic E-state index is 0.422. The van der Waals surface area contributed by atoms with E-state index in [0.29, 0.717) is 12.1 Å². The second-order valence-electron chi connectivity index (χ2n) is 7.80. The van der Waals surface area contributed by atoms with Crippen LogP contribution < -0.4 is 15.5 Å². The van der Waals surface area contributed by atoms with E-state index in [0.717, 1.165) is 38.7 Å². The molecule has 152 valence electrons. The third-order valence-corrected chi connectivity index (χ3v) is 5.78. The summed E-state index contributed by atoms with van der Waals surface area (Å²) in [5.41, 5.74) is 1.21. The van der Waals surface area contributed by atoms with Crippen LogP contribution in [-0.2, 0) is 7.05 Å². The van der Waals surface area contributed by atoms with E-state index in [1.54, 1.807) is 0 Å². The maximum Gasteiger partial charge on any atom is 0.191 e. The van der Waals surface area contributed by atoms with Gasteiger partial charge in [-0.1, -0.05) is 13.3 Å². The molecule has 7 heteroatoms. The molecule has 0 bridgehead atoms. The normalized spacial score (nSPS) is 24.9. The van der Waals surface area contributed by atoms with Crippen LogP contribution in [0.25, 0.3) is 0 Å². The number of piperidine rings is 2. The molecule has 0 saturated carbocycles. The van der Waals surface area contributed by atoms with Gasteiger partial charge in [-0.2, -0.15) is 5.10 Å². The Labute approximate surface area is 164 Å². The van der Waals surface area contributed by atoms with Crippen LogP contribution >= 0.6 is 0 Å². The minimum Gasteiger partial charge on any atom is -0.367 e. The number of aromatic nitrogens is 2. The summed E-state index contributed by atoms with van der Waals surface area (Å²) in [4.78, 5) is 9.96.